The van der Waals surface area contributed by atoms with Crippen molar-refractivity contribution in [2.24, 2.45) is 0 Å². The van der Waals surface area contributed by atoms with E-state index >= 15 is 0 Å². The number of hydrogen-bond donors (Lipinski definition) is 1. The Morgan fingerprint density at radius 3 is 2.94 bits per heavy atom. The molecule has 0 saturated heterocycles. The lowest BCUT2D eigenvalue weighted by atomic mass is 9.95. The molecule has 0 bridgehead atoms. The van der Waals surface area contributed by atoms with Gasteiger partial charge in [-0.3, -0.25) is 0 Å². The van der Waals surface area contributed by atoms with Gasteiger partial charge >= 0.3 is 0 Å². The molecule has 102 valence electrons. The zero-order valence-corrected chi connectivity index (χ0v) is 12.4. The van der Waals surface area contributed by atoms with E-state index in [-0.39, 0.29) is 5.25 Å². The Morgan fingerprint density at radius 1 is 1.44 bits per heavy atom. The van der Waals surface area contributed by atoms with Crippen molar-refractivity contribution in [3.63, 3.8) is 0 Å². The topological polar surface area (TPSA) is 46.2 Å². The number of rotatable bonds is 5. The van der Waals surface area contributed by atoms with Gasteiger partial charge in [0.15, 0.2) is 9.84 Å². The highest BCUT2D eigenvalue weighted by Crippen LogP contribution is 2.30. The smallest absolute Gasteiger partial charge is 0.190 e. The standard InChI is InChI=1S/C13H21NO2S2/c1-2-8-14-11-5-3-6-12(10-11)18(15,16)13-7-4-9-17-13/h4,7,9,11-12,14H,2-3,5-6,8,10H2,1H3. The Kier molecular flexibility index (Phi) is 4.81. The van der Waals surface area contributed by atoms with E-state index < -0.39 is 9.84 Å². The Balaban J connectivity index is 2.04. The fourth-order valence-corrected chi connectivity index (χ4v) is 5.67. The van der Waals surface area contributed by atoms with Gasteiger partial charge in [0.05, 0.1) is 5.25 Å². The van der Waals surface area contributed by atoms with Crippen LogP contribution < -0.4 is 5.32 Å². The summed E-state index contributed by atoms with van der Waals surface area (Å²) in [4.78, 5) is 0. The van der Waals surface area contributed by atoms with Crippen LogP contribution in [0.25, 0.3) is 0 Å². The van der Waals surface area contributed by atoms with E-state index in [0.717, 1.165) is 38.6 Å². The van der Waals surface area contributed by atoms with Crippen LogP contribution in [0.15, 0.2) is 21.7 Å². The molecular weight excluding hydrogens is 266 g/mol. The van der Waals surface area contributed by atoms with Gasteiger partial charge in [0.1, 0.15) is 4.21 Å². The van der Waals surface area contributed by atoms with Crippen molar-refractivity contribution in [1.82, 2.24) is 5.32 Å². The van der Waals surface area contributed by atoms with E-state index in [0.29, 0.717) is 10.3 Å². The van der Waals surface area contributed by atoms with Crippen molar-refractivity contribution < 1.29 is 8.42 Å². The van der Waals surface area contributed by atoms with Crippen LogP contribution in [0, 0.1) is 0 Å². The van der Waals surface area contributed by atoms with E-state index in [9.17, 15) is 8.42 Å². The van der Waals surface area contributed by atoms with Crippen LogP contribution in [-0.2, 0) is 9.84 Å². The van der Waals surface area contributed by atoms with Gasteiger partial charge in [-0.2, -0.15) is 0 Å². The second kappa shape index (κ2) is 6.17. The summed E-state index contributed by atoms with van der Waals surface area (Å²) in [5.41, 5.74) is 0. The largest absolute Gasteiger partial charge is 0.314 e. The molecule has 2 unspecified atom stereocenters. The molecule has 3 nitrogen and oxygen atoms in total. The predicted molar refractivity (Wildman–Crippen MR) is 75.8 cm³/mol. The van der Waals surface area contributed by atoms with Gasteiger partial charge in [-0.05, 0) is 43.7 Å². The van der Waals surface area contributed by atoms with Crippen LogP contribution in [-0.4, -0.2) is 26.3 Å². The summed E-state index contributed by atoms with van der Waals surface area (Å²) >= 11 is 1.33. The number of thiophene rings is 1. The average molecular weight is 287 g/mol. The second-order valence-electron chi connectivity index (χ2n) is 4.92. The van der Waals surface area contributed by atoms with Crippen LogP contribution in [0.3, 0.4) is 0 Å². The van der Waals surface area contributed by atoms with Gasteiger partial charge < -0.3 is 5.32 Å². The molecule has 0 radical (unpaired) electrons. The van der Waals surface area contributed by atoms with Gasteiger partial charge in [-0.15, -0.1) is 11.3 Å². The number of hydrogen-bond acceptors (Lipinski definition) is 4. The highest BCUT2D eigenvalue weighted by molar-refractivity contribution is 7.94. The van der Waals surface area contributed by atoms with Crippen LogP contribution in [0.5, 0.6) is 0 Å². The van der Waals surface area contributed by atoms with Gasteiger partial charge in [-0.25, -0.2) is 8.42 Å². The predicted octanol–water partition coefficient (Wildman–Crippen LogP) is 2.83. The van der Waals surface area contributed by atoms with Gasteiger partial charge in [0.25, 0.3) is 0 Å². The minimum Gasteiger partial charge on any atom is -0.314 e. The fourth-order valence-electron chi connectivity index (χ4n) is 2.55. The third-order valence-corrected chi connectivity index (χ3v) is 7.17. The third-order valence-electron chi connectivity index (χ3n) is 3.52. The number of nitrogens with one attached hydrogen (secondary N) is 1. The van der Waals surface area contributed by atoms with E-state index in [1.807, 2.05) is 11.4 Å². The lowest BCUT2D eigenvalue weighted by Gasteiger charge is -2.29. The summed E-state index contributed by atoms with van der Waals surface area (Å²) in [5, 5.41) is 5.10. The van der Waals surface area contributed by atoms with Crippen molar-refractivity contribution in [2.75, 3.05) is 6.54 Å². The van der Waals surface area contributed by atoms with Gasteiger partial charge in [0, 0.05) is 6.04 Å². The normalized spacial score (nSPS) is 25.2. The zero-order valence-electron chi connectivity index (χ0n) is 10.8. The zero-order chi connectivity index (χ0) is 13.0. The van der Waals surface area contributed by atoms with Crippen LogP contribution in [0.1, 0.15) is 39.0 Å². The third kappa shape index (κ3) is 3.13. The molecule has 1 saturated carbocycles. The van der Waals surface area contributed by atoms with Crippen molar-refractivity contribution in [2.45, 2.75) is 54.5 Å². The monoisotopic (exact) mass is 287 g/mol. The first-order chi connectivity index (χ1) is 8.64. The molecule has 1 aliphatic carbocycles. The summed E-state index contributed by atoms with van der Waals surface area (Å²) in [6, 6.07) is 3.91. The van der Waals surface area contributed by atoms with E-state index in [1.165, 1.54) is 11.3 Å². The molecule has 1 heterocycles. The Labute approximate surface area is 114 Å². The molecule has 0 amide bonds. The molecule has 1 aliphatic rings. The van der Waals surface area contributed by atoms with E-state index in [4.69, 9.17) is 0 Å². The maximum atomic E-state index is 12.5. The average Bonchev–Trinajstić information content (AvgIpc) is 2.91. The minimum absolute atomic E-state index is 0.195. The van der Waals surface area contributed by atoms with Crippen LogP contribution in [0.4, 0.5) is 0 Å². The van der Waals surface area contributed by atoms with Gasteiger partial charge in [0.2, 0.25) is 0 Å². The molecule has 0 aliphatic heterocycles. The Bertz CT molecular complexity index is 453. The highest BCUT2D eigenvalue weighted by Gasteiger charge is 2.33. The van der Waals surface area contributed by atoms with Crippen molar-refractivity contribution in [3.8, 4) is 0 Å². The molecule has 0 aromatic carbocycles. The Morgan fingerprint density at radius 2 is 2.28 bits per heavy atom. The van der Waals surface area contributed by atoms with E-state index in [2.05, 4.69) is 12.2 Å². The molecule has 1 aromatic rings. The van der Waals surface area contributed by atoms with Crippen molar-refractivity contribution >= 4 is 21.2 Å². The van der Waals surface area contributed by atoms with Crippen LogP contribution in [0.2, 0.25) is 0 Å². The first kappa shape index (κ1) is 14.0. The second-order valence-corrected chi connectivity index (χ2v) is 8.32. The number of sulfone groups is 1. The summed E-state index contributed by atoms with van der Waals surface area (Å²) in [7, 11) is -3.10. The molecule has 1 N–H and O–H groups in total. The molecule has 1 fully saturated rings. The SMILES string of the molecule is CCCNC1CCCC(S(=O)(=O)c2cccs2)C1. The van der Waals surface area contributed by atoms with Gasteiger partial charge in [-0.1, -0.05) is 19.4 Å². The molecule has 2 atom stereocenters. The maximum absolute atomic E-state index is 12.5. The molecule has 18 heavy (non-hydrogen) atoms. The highest BCUT2D eigenvalue weighted by atomic mass is 32.2. The molecule has 5 heteroatoms. The minimum atomic E-state index is -3.10. The quantitative estimate of drug-likeness (QED) is 0.906. The summed E-state index contributed by atoms with van der Waals surface area (Å²) in [5.74, 6) is 0. The summed E-state index contributed by atoms with van der Waals surface area (Å²) < 4.78 is 25.4. The molecule has 2 rings (SSSR count). The fraction of sp³-hybridized carbons (Fsp3) is 0.692. The summed E-state index contributed by atoms with van der Waals surface area (Å²) in [6.45, 7) is 3.12. The van der Waals surface area contributed by atoms with Crippen LogP contribution >= 0.6 is 11.3 Å². The van der Waals surface area contributed by atoms with Crippen molar-refractivity contribution in [1.29, 1.82) is 0 Å². The Hall–Kier alpha value is -0.390. The van der Waals surface area contributed by atoms with Crippen molar-refractivity contribution in [3.05, 3.63) is 17.5 Å². The molecule has 1 aromatic heterocycles. The lowest BCUT2D eigenvalue weighted by Crippen LogP contribution is -2.39. The first-order valence-corrected chi connectivity index (χ1v) is 9.08. The molecule has 0 spiro atoms. The lowest BCUT2D eigenvalue weighted by molar-refractivity contribution is 0.372. The molecular formula is C13H21NO2S2. The van der Waals surface area contributed by atoms with E-state index in [1.54, 1.807) is 6.07 Å². The first-order valence-electron chi connectivity index (χ1n) is 6.65. The summed E-state index contributed by atoms with van der Waals surface area (Å²) in [6.07, 6.45) is 4.79. The maximum Gasteiger partial charge on any atom is 0.190 e.